The zero-order chi connectivity index (χ0) is 13.9. The maximum absolute atomic E-state index is 12.3. The lowest BCUT2D eigenvalue weighted by atomic mass is 10.1. The number of nitrogens with zero attached hydrogens (tertiary/aromatic N) is 1. The first-order chi connectivity index (χ1) is 9.74. The Hall–Kier alpha value is -2.04. The molecule has 1 aromatic rings. The van der Waals surface area contributed by atoms with Crippen LogP contribution in [0.1, 0.15) is 28.8 Å². The van der Waals surface area contributed by atoms with Gasteiger partial charge in [-0.3, -0.25) is 9.79 Å². The molecule has 0 saturated heterocycles. The molecule has 5 heteroatoms. The van der Waals surface area contributed by atoms with E-state index in [9.17, 15) is 4.79 Å². The zero-order valence-electron chi connectivity index (χ0n) is 11.7. The largest absolute Gasteiger partial charge is 0.377 e. The van der Waals surface area contributed by atoms with Crippen LogP contribution in [-0.4, -0.2) is 37.4 Å². The van der Waals surface area contributed by atoms with E-state index in [2.05, 4.69) is 20.9 Å². The van der Waals surface area contributed by atoms with Crippen molar-refractivity contribution in [3.05, 3.63) is 29.3 Å². The lowest BCUT2D eigenvalue weighted by Gasteiger charge is -2.14. The van der Waals surface area contributed by atoms with E-state index >= 15 is 0 Å². The molecule has 20 heavy (non-hydrogen) atoms. The van der Waals surface area contributed by atoms with Crippen LogP contribution in [0, 0.1) is 6.92 Å². The Morgan fingerprint density at radius 2 is 2.30 bits per heavy atom. The number of carbonyl (C=O) groups is 1. The van der Waals surface area contributed by atoms with Crippen LogP contribution in [-0.2, 0) is 0 Å². The minimum atomic E-state index is 0.0226. The number of carbonyl (C=O) groups excluding carboxylic acids is 1. The van der Waals surface area contributed by atoms with Crippen LogP contribution in [0.4, 0.5) is 5.69 Å². The minimum Gasteiger partial charge on any atom is -0.377 e. The average Bonchev–Trinajstić information content (AvgIpc) is 3.08. The number of aliphatic imine (C=N–C) groups is 1. The number of aryl methyl sites for hydroxylation is 1. The summed E-state index contributed by atoms with van der Waals surface area (Å²) in [7, 11) is 0. The molecule has 1 amide bonds. The molecule has 106 valence electrons. The maximum Gasteiger partial charge on any atom is 0.253 e. The molecule has 1 aliphatic heterocycles. The van der Waals surface area contributed by atoms with Gasteiger partial charge in [-0.1, -0.05) is 12.1 Å². The fourth-order valence-electron chi connectivity index (χ4n) is 2.35. The highest BCUT2D eigenvalue weighted by Crippen LogP contribution is 2.23. The summed E-state index contributed by atoms with van der Waals surface area (Å²) in [6.07, 6.45) is 2.20. The van der Waals surface area contributed by atoms with Gasteiger partial charge in [-0.25, -0.2) is 0 Å². The molecule has 1 fully saturated rings. The molecule has 1 aromatic carbocycles. The van der Waals surface area contributed by atoms with Crippen LogP contribution in [0.15, 0.2) is 23.2 Å². The molecule has 5 nitrogen and oxygen atoms in total. The fraction of sp³-hybridized carbons (Fsp3) is 0.467. The number of nitrogens with one attached hydrogen (secondary N) is 3. The van der Waals surface area contributed by atoms with Crippen LogP contribution in [0.5, 0.6) is 0 Å². The average molecular weight is 272 g/mol. The molecule has 0 aromatic heterocycles. The molecule has 0 atom stereocenters. The summed E-state index contributed by atoms with van der Waals surface area (Å²) < 4.78 is 0. The number of hydrogen-bond acceptors (Lipinski definition) is 4. The van der Waals surface area contributed by atoms with E-state index in [1.807, 2.05) is 25.1 Å². The topological polar surface area (TPSA) is 65.5 Å². The number of amidine groups is 1. The van der Waals surface area contributed by atoms with E-state index in [0.717, 1.165) is 48.6 Å². The van der Waals surface area contributed by atoms with Crippen molar-refractivity contribution in [3.63, 3.8) is 0 Å². The number of hydrogen-bond donors (Lipinski definition) is 3. The van der Waals surface area contributed by atoms with Gasteiger partial charge in [-0.2, -0.15) is 0 Å². The van der Waals surface area contributed by atoms with Gasteiger partial charge in [0.05, 0.1) is 18.7 Å². The van der Waals surface area contributed by atoms with Crippen molar-refractivity contribution in [1.82, 2.24) is 10.6 Å². The number of anilines is 1. The predicted molar refractivity (Wildman–Crippen MR) is 80.5 cm³/mol. The van der Waals surface area contributed by atoms with Crippen LogP contribution >= 0.6 is 0 Å². The van der Waals surface area contributed by atoms with Crippen molar-refractivity contribution in [2.24, 2.45) is 4.99 Å². The molecular formula is C15H20N4O. The highest BCUT2D eigenvalue weighted by molar-refractivity contribution is 6.02. The molecule has 3 rings (SSSR count). The Bertz CT molecular complexity index is 549. The smallest absolute Gasteiger partial charge is 0.253 e. The van der Waals surface area contributed by atoms with Gasteiger partial charge in [-0.15, -0.1) is 0 Å². The summed E-state index contributed by atoms with van der Waals surface area (Å²) >= 11 is 0. The third-order valence-corrected chi connectivity index (χ3v) is 3.60. The Labute approximate surface area is 118 Å². The van der Waals surface area contributed by atoms with Crippen LogP contribution in [0.25, 0.3) is 0 Å². The van der Waals surface area contributed by atoms with Gasteiger partial charge in [0.25, 0.3) is 5.91 Å². The van der Waals surface area contributed by atoms with Crippen LogP contribution in [0.3, 0.4) is 0 Å². The molecule has 3 N–H and O–H groups in total. The lowest BCUT2D eigenvalue weighted by Crippen LogP contribution is -2.29. The summed E-state index contributed by atoms with van der Waals surface area (Å²) in [6, 6.07) is 6.26. The molecule has 1 saturated carbocycles. The summed E-state index contributed by atoms with van der Waals surface area (Å²) in [4.78, 5) is 16.7. The monoisotopic (exact) mass is 272 g/mol. The van der Waals surface area contributed by atoms with Crippen molar-refractivity contribution < 1.29 is 4.79 Å². The van der Waals surface area contributed by atoms with Gasteiger partial charge in [0.15, 0.2) is 0 Å². The summed E-state index contributed by atoms with van der Waals surface area (Å²) in [6.45, 7) is 4.34. The van der Waals surface area contributed by atoms with Crippen LogP contribution in [0.2, 0.25) is 0 Å². The normalized spacial score (nSPS) is 17.4. The van der Waals surface area contributed by atoms with Gasteiger partial charge >= 0.3 is 0 Å². The quantitative estimate of drug-likeness (QED) is 0.757. The highest BCUT2D eigenvalue weighted by Gasteiger charge is 2.25. The van der Waals surface area contributed by atoms with Crippen molar-refractivity contribution in [1.29, 1.82) is 0 Å². The van der Waals surface area contributed by atoms with E-state index < -0.39 is 0 Å². The van der Waals surface area contributed by atoms with E-state index in [0.29, 0.717) is 12.6 Å². The number of benzene rings is 1. The first kappa shape index (κ1) is 13.0. The predicted octanol–water partition coefficient (Wildman–Crippen LogP) is 1.30. The first-order valence-electron chi connectivity index (χ1n) is 7.15. The molecule has 0 bridgehead atoms. The first-order valence-corrected chi connectivity index (χ1v) is 7.15. The SMILES string of the molecule is Cc1cccc(NCC2=NCCN2)c1C(=O)NC1CC1. The summed E-state index contributed by atoms with van der Waals surface area (Å²) in [5.41, 5.74) is 2.62. The second kappa shape index (κ2) is 5.53. The molecular weight excluding hydrogens is 252 g/mol. The van der Waals surface area contributed by atoms with Crippen LogP contribution < -0.4 is 16.0 Å². The van der Waals surface area contributed by atoms with E-state index in [1.54, 1.807) is 0 Å². The lowest BCUT2D eigenvalue weighted by molar-refractivity contribution is 0.0951. The molecule has 2 aliphatic rings. The molecule has 0 spiro atoms. The van der Waals surface area contributed by atoms with E-state index in [4.69, 9.17) is 0 Å². The molecule has 1 heterocycles. The third-order valence-electron chi connectivity index (χ3n) is 3.60. The van der Waals surface area contributed by atoms with Gasteiger partial charge in [0.1, 0.15) is 5.84 Å². The second-order valence-corrected chi connectivity index (χ2v) is 5.35. The minimum absolute atomic E-state index is 0.0226. The molecule has 0 unspecified atom stereocenters. The van der Waals surface area contributed by atoms with Crippen molar-refractivity contribution >= 4 is 17.4 Å². The molecule has 0 radical (unpaired) electrons. The third kappa shape index (κ3) is 2.92. The van der Waals surface area contributed by atoms with Gasteiger partial charge in [-0.05, 0) is 31.4 Å². The standard InChI is InChI=1S/C15H20N4O/c1-10-3-2-4-12(18-9-13-16-7-8-17-13)14(10)15(20)19-11-5-6-11/h2-4,11,18H,5-9H2,1H3,(H,16,17)(H,19,20). The Kier molecular flexibility index (Phi) is 3.58. The summed E-state index contributed by atoms with van der Waals surface area (Å²) in [5.74, 6) is 0.981. The van der Waals surface area contributed by atoms with Crippen molar-refractivity contribution in [3.8, 4) is 0 Å². The zero-order valence-corrected chi connectivity index (χ0v) is 11.7. The van der Waals surface area contributed by atoms with Gasteiger partial charge in [0, 0.05) is 18.3 Å². The van der Waals surface area contributed by atoms with Gasteiger partial charge < -0.3 is 16.0 Å². The Morgan fingerprint density at radius 3 is 3.00 bits per heavy atom. The maximum atomic E-state index is 12.3. The van der Waals surface area contributed by atoms with Crippen molar-refractivity contribution in [2.75, 3.05) is 25.0 Å². The summed E-state index contributed by atoms with van der Waals surface area (Å²) in [5, 5.41) is 9.59. The Morgan fingerprint density at radius 1 is 1.45 bits per heavy atom. The second-order valence-electron chi connectivity index (χ2n) is 5.35. The fourth-order valence-corrected chi connectivity index (χ4v) is 2.35. The number of amides is 1. The van der Waals surface area contributed by atoms with Crippen molar-refractivity contribution in [2.45, 2.75) is 25.8 Å². The number of rotatable bonds is 5. The highest BCUT2D eigenvalue weighted by atomic mass is 16.1. The Balaban J connectivity index is 1.74. The van der Waals surface area contributed by atoms with E-state index in [1.165, 1.54) is 0 Å². The van der Waals surface area contributed by atoms with E-state index in [-0.39, 0.29) is 5.91 Å². The van der Waals surface area contributed by atoms with Gasteiger partial charge in [0.2, 0.25) is 0 Å². The molecule has 1 aliphatic carbocycles.